The van der Waals surface area contributed by atoms with Gasteiger partial charge in [0.05, 0.1) is 13.0 Å². The molecule has 144 valence electrons. The molecule has 27 heavy (non-hydrogen) atoms. The number of nitrogens with zero attached hydrogens (tertiary/aromatic N) is 3. The van der Waals surface area contributed by atoms with Crippen LogP contribution in [0.1, 0.15) is 41.8 Å². The molecule has 2 heterocycles. The van der Waals surface area contributed by atoms with Crippen molar-refractivity contribution in [3.8, 4) is 0 Å². The predicted octanol–water partition coefficient (Wildman–Crippen LogP) is 3.04. The quantitative estimate of drug-likeness (QED) is 0.737. The summed E-state index contributed by atoms with van der Waals surface area (Å²) in [6.45, 7) is 7.54. The van der Waals surface area contributed by atoms with E-state index in [1.165, 1.54) is 16.9 Å². The van der Waals surface area contributed by atoms with Gasteiger partial charge in [0.2, 0.25) is 16.9 Å². The van der Waals surface area contributed by atoms with Gasteiger partial charge in [-0.2, -0.15) is 0 Å². The highest BCUT2D eigenvalue weighted by atomic mass is 32.1. The average molecular weight is 388 g/mol. The molecule has 1 atom stereocenters. The van der Waals surface area contributed by atoms with Crippen molar-refractivity contribution in [2.75, 3.05) is 30.0 Å². The van der Waals surface area contributed by atoms with Crippen molar-refractivity contribution in [3.05, 3.63) is 34.3 Å². The lowest BCUT2D eigenvalue weighted by molar-refractivity contribution is -0.118. The van der Waals surface area contributed by atoms with Crippen molar-refractivity contribution in [2.24, 2.45) is 0 Å². The van der Waals surface area contributed by atoms with Crippen molar-refractivity contribution in [2.45, 2.75) is 39.5 Å². The molecule has 1 aromatic heterocycles. The van der Waals surface area contributed by atoms with Gasteiger partial charge in [0, 0.05) is 31.2 Å². The lowest BCUT2D eigenvalue weighted by atomic mass is 10.1. The summed E-state index contributed by atoms with van der Waals surface area (Å²) in [5, 5.41) is 12.2. The van der Waals surface area contributed by atoms with E-state index in [1.807, 2.05) is 32.0 Å². The Kier molecular flexibility index (Phi) is 6.18. The monoisotopic (exact) mass is 388 g/mol. The molecule has 0 saturated carbocycles. The zero-order valence-electron chi connectivity index (χ0n) is 15.8. The molecule has 0 radical (unpaired) electrons. The molecular weight excluding hydrogens is 364 g/mol. The van der Waals surface area contributed by atoms with Crippen LogP contribution in [0.25, 0.3) is 0 Å². The topological polar surface area (TPSA) is 84.4 Å². The van der Waals surface area contributed by atoms with Crippen LogP contribution in [0.5, 0.6) is 0 Å². The molecule has 1 saturated heterocycles. The third-order valence-electron chi connectivity index (χ3n) is 4.64. The van der Waals surface area contributed by atoms with E-state index in [2.05, 4.69) is 22.4 Å². The Balaban J connectivity index is 1.63. The number of rotatable bonds is 7. The molecule has 7 nitrogen and oxygen atoms in total. The summed E-state index contributed by atoms with van der Waals surface area (Å²) >= 11 is 1.33. The Morgan fingerprint density at radius 3 is 2.89 bits per heavy atom. The standard InChI is InChI=1S/C19H24N4O3S/c1-4-26-8-7-16(24)20-19-22-21-18(27-19)14-10-17(25)23(11-14)15-6-5-12(2)13(3)9-15/h5-6,9,14H,4,7-8,10-11H2,1-3H3,(H,20,22,24). The molecule has 1 N–H and O–H groups in total. The first-order chi connectivity index (χ1) is 13.0. The minimum atomic E-state index is -0.148. The van der Waals surface area contributed by atoms with Gasteiger partial charge in [-0.25, -0.2) is 0 Å². The van der Waals surface area contributed by atoms with E-state index in [9.17, 15) is 9.59 Å². The van der Waals surface area contributed by atoms with Gasteiger partial charge < -0.3 is 15.0 Å². The molecular formula is C19H24N4O3S. The summed E-state index contributed by atoms with van der Waals surface area (Å²) in [6, 6.07) is 6.05. The third-order valence-corrected chi connectivity index (χ3v) is 5.64. The molecule has 0 spiro atoms. The van der Waals surface area contributed by atoms with Gasteiger partial charge in [-0.1, -0.05) is 17.4 Å². The van der Waals surface area contributed by atoms with Gasteiger partial charge >= 0.3 is 0 Å². The summed E-state index contributed by atoms with van der Waals surface area (Å²) in [5.74, 6) is -0.0724. The first-order valence-corrected chi connectivity index (χ1v) is 9.88. The van der Waals surface area contributed by atoms with E-state index < -0.39 is 0 Å². The lowest BCUT2D eigenvalue weighted by Crippen LogP contribution is -2.24. The van der Waals surface area contributed by atoms with Crippen LogP contribution in [-0.4, -0.2) is 41.8 Å². The van der Waals surface area contributed by atoms with Crippen LogP contribution in [0.15, 0.2) is 18.2 Å². The SMILES string of the molecule is CCOCCC(=O)Nc1nnc(C2CC(=O)N(c3ccc(C)c(C)c3)C2)s1. The normalized spacial score (nSPS) is 16.8. The van der Waals surface area contributed by atoms with Crippen LogP contribution in [0.4, 0.5) is 10.8 Å². The van der Waals surface area contributed by atoms with Gasteiger partial charge in [-0.3, -0.25) is 9.59 Å². The number of carbonyl (C=O) groups excluding carboxylic acids is 2. The zero-order chi connectivity index (χ0) is 19.4. The number of aromatic nitrogens is 2. The molecule has 1 fully saturated rings. The number of amides is 2. The number of hydrogen-bond donors (Lipinski definition) is 1. The molecule has 3 rings (SSSR count). The summed E-state index contributed by atoms with van der Waals surface area (Å²) in [4.78, 5) is 26.1. The number of aryl methyl sites for hydroxylation is 2. The fourth-order valence-electron chi connectivity index (χ4n) is 2.96. The van der Waals surface area contributed by atoms with Gasteiger partial charge in [0.15, 0.2) is 0 Å². The Morgan fingerprint density at radius 1 is 1.33 bits per heavy atom. The van der Waals surface area contributed by atoms with E-state index in [0.717, 1.165) is 16.3 Å². The van der Waals surface area contributed by atoms with Crippen molar-refractivity contribution in [3.63, 3.8) is 0 Å². The van der Waals surface area contributed by atoms with Gasteiger partial charge in [0.25, 0.3) is 0 Å². The highest BCUT2D eigenvalue weighted by Gasteiger charge is 2.34. The molecule has 1 aliphatic heterocycles. The molecule has 2 aromatic rings. The summed E-state index contributed by atoms with van der Waals surface area (Å²) in [7, 11) is 0. The smallest absolute Gasteiger partial charge is 0.228 e. The zero-order valence-corrected chi connectivity index (χ0v) is 16.6. The third kappa shape index (κ3) is 4.70. The Bertz CT molecular complexity index is 836. The van der Waals surface area contributed by atoms with E-state index >= 15 is 0 Å². The highest BCUT2D eigenvalue weighted by Crippen LogP contribution is 2.34. The Labute approximate surface area is 162 Å². The van der Waals surface area contributed by atoms with E-state index in [-0.39, 0.29) is 24.2 Å². The Hall–Kier alpha value is -2.32. The molecule has 0 bridgehead atoms. The van der Waals surface area contributed by atoms with Crippen molar-refractivity contribution >= 4 is 34.0 Å². The van der Waals surface area contributed by atoms with Crippen LogP contribution < -0.4 is 10.2 Å². The second kappa shape index (κ2) is 8.58. The van der Waals surface area contributed by atoms with Crippen LogP contribution in [-0.2, 0) is 14.3 Å². The van der Waals surface area contributed by atoms with Crippen LogP contribution >= 0.6 is 11.3 Å². The molecule has 1 aliphatic rings. The van der Waals surface area contributed by atoms with Crippen molar-refractivity contribution in [1.29, 1.82) is 0 Å². The summed E-state index contributed by atoms with van der Waals surface area (Å²) in [5.41, 5.74) is 3.28. The van der Waals surface area contributed by atoms with Gasteiger partial charge in [0.1, 0.15) is 5.01 Å². The molecule has 1 aromatic carbocycles. The maximum absolute atomic E-state index is 12.5. The molecule has 2 amide bonds. The number of benzene rings is 1. The minimum Gasteiger partial charge on any atom is -0.381 e. The second-order valence-electron chi connectivity index (χ2n) is 6.61. The van der Waals surface area contributed by atoms with Crippen LogP contribution in [0.3, 0.4) is 0 Å². The van der Waals surface area contributed by atoms with E-state index in [1.54, 1.807) is 4.90 Å². The van der Waals surface area contributed by atoms with E-state index in [4.69, 9.17) is 4.74 Å². The van der Waals surface area contributed by atoms with Crippen LogP contribution in [0, 0.1) is 13.8 Å². The minimum absolute atomic E-state index is 0.00862. The second-order valence-corrected chi connectivity index (χ2v) is 7.62. The number of nitrogens with one attached hydrogen (secondary N) is 1. The number of anilines is 2. The fraction of sp³-hybridized carbons (Fsp3) is 0.474. The maximum atomic E-state index is 12.5. The average Bonchev–Trinajstić information content (AvgIpc) is 3.24. The first kappa shape index (κ1) is 19.4. The molecule has 8 heteroatoms. The lowest BCUT2D eigenvalue weighted by Gasteiger charge is -2.17. The predicted molar refractivity (Wildman–Crippen MR) is 105 cm³/mol. The van der Waals surface area contributed by atoms with Crippen molar-refractivity contribution < 1.29 is 14.3 Å². The largest absolute Gasteiger partial charge is 0.381 e. The number of hydrogen-bond acceptors (Lipinski definition) is 6. The van der Waals surface area contributed by atoms with Gasteiger partial charge in [-0.05, 0) is 44.0 Å². The first-order valence-electron chi connectivity index (χ1n) is 9.06. The fourth-order valence-corrected chi connectivity index (χ4v) is 3.81. The van der Waals surface area contributed by atoms with Crippen molar-refractivity contribution in [1.82, 2.24) is 10.2 Å². The van der Waals surface area contributed by atoms with Crippen LogP contribution in [0.2, 0.25) is 0 Å². The summed E-state index contributed by atoms with van der Waals surface area (Å²) < 4.78 is 5.17. The number of carbonyl (C=O) groups is 2. The summed E-state index contributed by atoms with van der Waals surface area (Å²) in [6.07, 6.45) is 0.686. The van der Waals surface area contributed by atoms with Gasteiger partial charge in [-0.15, -0.1) is 10.2 Å². The molecule has 0 aliphatic carbocycles. The molecule has 1 unspecified atom stereocenters. The van der Waals surface area contributed by atoms with E-state index in [0.29, 0.717) is 31.3 Å². The number of ether oxygens (including phenoxy) is 1. The maximum Gasteiger partial charge on any atom is 0.228 e. The highest BCUT2D eigenvalue weighted by molar-refractivity contribution is 7.15. The Morgan fingerprint density at radius 2 is 2.15 bits per heavy atom.